The number of amides is 1. The summed E-state index contributed by atoms with van der Waals surface area (Å²) in [5.74, 6) is 0.0611. The zero-order valence-corrected chi connectivity index (χ0v) is 9.28. The molecule has 2 nitrogen and oxygen atoms in total. The first-order valence-electron chi connectivity index (χ1n) is 4.41. The van der Waals surface area contributed by atoms with Gasteiger partial charge in [0.2, 0.25) is 5.91 Å². The topological polar surface area (TPSA) is 29.1 Å². The van der Waals surface area contributed by atoms with Gasteiger partial charge in [0.1, 0.15) is 0 Å². The second-order valence-electron chi connectivity index (χ2n) is 3.32. The van der Waals surface area contributed by atoms with E-state index in [9.17, 15) is 4.79 Å². The molecule has 1 heterocycles. The number of fused-ring (bicyclic) bond motifs is 1. The van der Waals surface area contributed by atoms with Gasteiger partial charge in [-0.25, -0.2) is 0 Å². The molecule has 4 heteroatoms. The van der Waals surface area contributed by atoms with E-state index in [0.29, 0.717) is 16.7 Å². The minimum absolute atomic E-state index is 0.0611. The Morgan fingerprint density at radius 3 is 3.14 bits per heavy atom. The Kier molecular flexibility index (Phi) is 2.70. The van der Waals surface area contributed by atoms with Crippen LogP contribution in [0.3, 0.4) is 0 Å². The monoisotopic (exact) mass is 227 g/mol. The molecule has 1 aromatic rings. The molecule has 0 saturated heterocycles. The maximum atomic E-state index is 11.4. The fraction of sp³-hybridized carbons (Fsp3) is 0.300. The Morgan fingerprint density at radius 2 is 2.36 bits per heavy atom. The van der Waals surface area contributed by atoms with Crippen LogP contribution in [0.5, 0.6) is 0 Å². The summed E-state index contributed by atoms with van der Waals surface area (Å²) in [5, 5.41) is 3.82. The third kappa shape index (κ3) is 2.04. The summed E-state index contributed by atoms with van der Waals surface area (Å²) in [7, 11) is 0. The minimum atomic E-state index is 0.0611. The molecule has 0 bridgehead atoms. The maximum Gasteiger partial charge on any atom is 0.225 e. The van der Waals surface area contributed by atoms with Crippen LogP contribution in [0, 0.1) is 0 Å². The molecule has 0 spiro atoms. The lowest BCUT2D eigenvalue weighted by atomic mass is 10.3. The minimum Gasteiger partial charge on any atom is -0.325 e. The number of anilines is 1. The van der Waals surface area contributed by atoms with Crippen LogP contribution in [-0.2, 0) is 4.79 Å². The van der Waals surface area contributed by atoms with Crippen molar-refractivity contribution in [1.29, 1.82) is 0 Å². The van der Waals surface area contributed by atoms with Crippen molar-refractivity contribution in [1.82, 2.24) is 0 Å². The van der Waals surface area contributed by atoms with Crippen LogP contribution in [0.25, 0.3) is 0 Å². The average molecular weight is 228 g/mol. The van der Waals surface area contributed by atoms with Crippen molar-refractivity contribution in [3.05, 3.63) is 23.2 Å². The van der Waals surface area contributed by atoms with E-state index < -0.39 is 0 Å². The van der Waals surface area contributed by atoms with Crippen molar-refractivity contribution in [3.8, 4) is 0 Å². The summed E-state index contributed by atoms with van der Waals surface area (Å²) in [6, 6.07) is 5.59. The highest BCUT2D eigenvalue weighted by Gasteiger charge is 2.18. The molecule has 74 valence electrons. The van der Waals surface area contributed by atoms with Gasteiger partial charge in [-0.2, -0.15) is 0 Å². The standard InChI is InChI=1S/C10H10ClNOS/c1-6-4-10(13)12-8-5-7(11)2-3-9(8)14-6/h2-3,5-6H,4H2,1H3,(H,12,13). The van der Waals surface area contributed by atoms with Crippen LogP contribution >= 0.6 is 23.4 Å². The van der Waals surface area contributed by atoms with Crippen LogP contribution in [-0.4, -0.2) is 11.2 Å². The first kappa shape index (κ1) is 9.87. The summed E-state index contributed by atoms with van der Waals surface area (Å²) in [4.78, 5) is 12.5. The molecular formula is C10H10ClNOS. The van der Waals surface area contributed by atoms with Gasteiger partial charge in [0.05, 0.1) is 5.69 Å². The van der Waals surface area contributed by atoms with Crippen LogP contribution in [0.1, 0.15) is 13.3 Å². The summed E-state index contributed by atoms with van der Waals surface area (Å²) in [6.07, 6.45) is 0.553. The molecule has 1 atom stereocenters. The molecule has 2 rings (SSSR count). The molecule has 1 aromatic carbocycles. The normalized spacial score (nSPS) is 21.0. The molecule has 0 saturated carbocycles. The molecular weight excluding hydrogens is 218 g/mol. The fourth-order valence-corrected chi connectivity index (χ4v) is 2.65. The fourth-order valence-electron chi connectivity index (χ4n) is 1.42. The average Bonchev–Trinajstić information content (AvgIpc) is 2.21. The van der Waals surface area contributed by atoms with Crippen molar-refractivity contribution in [3.63, 3.8) is 0 Å². The highest BCUT2D eigenvalue weighted by molar-refractivity contribution is 8.00. The van der Waals surface area contributed by atoms with Crippen molar-refractivity contribution < 1.29 is 4.79 Å². The summed E-state index contributed by atoms with van der Waals surface area (Å²) >= 11 is 7.56. The summed E-state index contributed by atoms with van der Waals surface area (Å²) in [6.45, 7) is 2.05. The smallest absolute Gasteiger partial charge is 0.225 e. The Morgan fingerprint density at radius 1 is 1.57 bits per heavy atom. The number of carbonyl (C=O) groups excluding carboxylic acids is 1. The Labute approximate surface area is 92.0 Å². The van der Waals surface area contributed by atoms with Crippen molar-refractivity contribution in [2.45, 2.75) is 23.5 Å². The molecule has 0 radical (unpaired) electrons. The van der Waals surface area contributed by atoms with Gasteiger partial charge in [-0.3, -0.25) is 4.79 Å². The third-order valence-corrected chi connectivity index (χ3v) is 3.43. The van der Waals surface area contributed by atoms with E-state index in [0.717, 1.165) is 10.6 Å². The predicted octanol–water partition coefficient (Wildman–Crippen LogP) is 3.16. The third-order valence-electron chi connectivity index (χ3n) is 2.02. The molecule has 1 aliphatic heterocycles. The first-order valence-corrected chi connectivity index (χ1v) is 5.67. The largest absolute Gasteiger partial charge is 0.325 e. The van der Waals surface area contributed by atoms with Gasteiger partial charge in [-0.05, 0) is 18.2 Å². The van der Waals surface area contributed by atoms with Gasteiger partial charge < -0.3 is 5.32 Å². The van der Waals surface area contributed by atoms with Gasteiger partial charge in [0.15, 0.2) is 0 Å². The summed E-state index contributed by atoms with van der Waals surface area (Å²) < 4.78 is 0. The summed E-state index contributed by atoms with van der Waals surface area (Å²) in [5.41, 5.74) is 0.830. The van der Waals surface area contributed by atoms with E-state index in [-0.39, 0.29) is 5.91 Å². The Bertz CT molecular complexity index is 380. The number of thioether (sulfide) groups is 1. The van der Waals surface area contributed by atoms with Gasteiger partial charge in [0, 0.05) is 21.6 Å². The first-order chi connectivity index (χ1) is 6.65. The quantitative estimate of drug-likeness (QED) is 0.738. The van der Waals surface area contributed by atoms with Crippen LogP contribution < -0.4 is 5.32 Å². The zero-order valence-electron chi connectivity index (χ0n) is 7.71. The van der Waals surface area contributed by atoms with E-state index >= 15 is 0 Å². The molecule has 1 unspecified atom stereocenters. The van der Waals surface area contributed by atoms with E-state index in [1.54, 1.807) is 17.8 Å². The lowest BCUT2D eigenvalue weighted by molar-refractivity contribution is -0.116. The number of carbonyl (C=O) groups is 1. The molecule has 0 aliphatic carbocycles. The lowest BCUT2D eigenvalue weighted by Gasteiger charge is -2.06. The highest BCUT2D eigenvalue weighted by atomic mass is 35.5. The van der Waals surface area contributed by atoms with E-state index in [2.05, 4.69) is 5.32 Å². The Balaban J connectivity index is 2.41. The molecule has 1 aliphatic rings. The van der Waals surface area contributed by atoms with Gasteiger partial charge >= 0.3 is 0 Å². The molecule has 1 N–H and O–H groups in total. The molecule has 14 heavy (non-hydrogen) atoms. The number of halogens is 1. The molecule has 1 amide bonds. The van der Waals surface area contributed by atoms with Crippen LogP contribution in [0.2, 0.25) is 5.02 Å². The second-order valence-corrected chi connectivity index (χ2v) is 5.24. The maximum absolute atomic E-state index is 11.4. The number of hydrogen-bond acceptors (Lipinski definition) is 2. The van der Waals surface area contributed by atoms with E-state index in [1.165, 1.54) is 0 Å². The lowest BCUT2D eigenvalue weighted by Crippen LogP contribution is -2.13. The number of rotatable bonds is 0. The molecule has 0 aromatic heterocycles. The van der Waals surface area contributed by atoms with Crippen molar-refractivity contribution in [2.24, 2.45) is 0 Å². The SMILES string of the molecule is CC1CC(=O)Nc2cc(Cl)ccc2S1. The van der Waals surface area contributed by atoms with Gasteiger partial charge in [-0.1, -0.05) is 18.5 Å². The van der Waals surface area contributed by atoms with Crippen LogP contribution in [0.15, 0.2) is 23.1 Å². The van der Waals surface area contributed by atoms with Gasteiger partial charge in [0.25, 0.3) is 0 Å². The second kappa shape index (κ2) is 3.83. The zero-order chi connectivity index (χ0) is 10.1. The van der Waals surface area contributed by atoms with Gasteiger partial charge in [-0.15, -0.1) is 11.8 Å². The van der Waals surface area contributed by atoms with Crippen LogP contribution in [0.4, 0.5) is 5.69 Å². The number of nitrogens with one attached hydrogen (secondary N) is 1. The molecule has 0 fully saturated rings. The number of hydrogen-bond donors (Lipinski definition) is 1. The van der Waals surface area contributed by atoms with E-state index in [1.807, 2.05) is 19.1 Å². The highest BCUT2D eigenvalue weighted by Crippen LogP contribution is 2.36. The number of benzene rings is 1. The predicted molar refractivity (Wildman–Crippen MR) is 60.0 cm³/mol. The van der Waals surface area contributed by atoms with E-state index in [4.69, 9.17) is 11.6 Å². The Hall–Kier alpha value is -0.670. The van der Waals surface area contributed by atoms with Crippen molar-refractivity contribution >= 4 is 35.0 Å². The van der Waals surface area contributed by atoms with Crippen molar-refractivity contribution in [2.75, 3.05) is 5.32 Å².